The Morgan fingerprint density at radius 3 is 2.41 bits per heavy atom. The summed E-state index contributed by atoms with van der Waals surface area (Å²) in [5.74, 6) is 0.200. The average molecular weight is 239 g/mol. The van der Waals surface area contributed by atoms with E-state index in [4.69, 9.17) is 19.9 Å². The first kappa shape index (κ1) is 13.2. The number of anilines is 1. The summed E-state index contributed by atoms with van der Waals surface area (Å²) in [6.07, 6.45) is 0. The molecule has 0 amide bonds. The van der Waals surface area contributed by atoms with Crippen LogP contribution in [0.1, 0.15) is 24.2 Å². The topological polar surface area (TPSA) is 70.8 Å². The molecule has 0 atom stereocenters. The van der Waals surface area contributed by atoms with Crippen molar-refractivity contribution in [2.75, 3.05) is 26.1 Å². The summed E-state index contributed by atoms with van der Waals surface area (Å²) in [5, 5.41) is 0. The van der Waals surface area contributed by atoms with Crippen LogP contribution in [0.2, 0.25) is 0 Å². The van der Waals surface area contributed by atoms with Crippen LogP contribution in [0.25, 0.3) is 0 Å². The fraction of sp³-hybridized carbons (Fsp3) is 0.417. The first-order chi connectivity index (χ1) is 8.15. The lowest BCUT2D eigenvalue weighted by atomic mass is 10.1. The Morgan fingerprint density at radius 1 is 1.24 bits per heavy atom. The van der Waals surface area contributed by atoms with Crippen LogP contribution in [0.5, 0.6) is 11.5 Å². The van der Waals surface area contributed by atoms with Gasteiger partial charge in [-0.1, -0.05) is 0 Å². The molecule has 0 heterocycles. The third-order valence-electron chi connectivity index (χ3n) is 2.13. The molecule has 0 saturated heterocycles. The number of benzene rings is 1. The molecule has 0 aliphatic rings. The largest absolute Gasteiger partial charge is 0.493 e. The summed E-state index contributed by atoms with van der Waals surface area (Å²) in [7, 11) is 1.30. The number of nitrogen functional groups attached to an aromatic ring is 1. The van der Waals surface area contributed by atoms with Gasteiger partial charge >= 0.3 is 5.97 Å². The Labute approximate surface area is 100 Å². The lowest BCUT2D eigenvalue weighted by molar-refractivity contribution is 0.0591. The summed E-state index contributed by atoms with van der Waals surface area (Å²) in [6, 6.07) is 3.27. The summed E-state index contributed by atoms with van der Waals surface area (Å²) in [4.78, 5) is 11.7. The number of nitrogens with two attached hydrogens (primary N) is 1. The van der Waals surface area contributed by atoms with Crippen LogP contribution in [-0.2, 0) is 4.74 Å². The highest BCUT2D eigenvalue weighted by Gasteiger charge is 2.21. The van der Waals surface area contributed by atoms with Crippen molar-refractivity contribution >= 4 is 11.7 Å². The van der Waals surface area contributed by atoms with Gasteiger partial charge in [-0.05, 0) is 26.0 Å². The predicted molar refractivity (Wildman–Crippen MR) is 64.5 cm³/mol. The van der Waals surface area contributed by atoms with Crippen LogP contribution in [0.3, 0.4) is 0 Å². The number of rotatable bonds is 5. The van der Waals surface area contributed by atoms with E-state index in [1.54, 1.807) is 12.1 Å². The molecule has 0 radical (unpaired) electrons. The molecule has 1 aromatic rings. The van der Waals surface area contributed by atoms with Gasteiger partial charge in [0.05, 0.1) is 26.0 Å². The number of carbonyl (C=O) groups excluding carboxylic acids is 1. The van der Waals surface area contributed by atoms with Gasteiger partial charge in [0.15, 0.2) is 5.75 Å². The first-order valence-corrected chi connectivity index (χ1v) is 5.42. The quantitative estimate of drug-likeness (QED) is 0.627. The first-order valence-electron chi connectivity index (χ1n) is 5.42. The van der Waals surface area contributed by atoms with E-state index in [0.717, 1.165) is 0 Å². The van der Waals surface area contributed by atoms with Crippen LogP contribution in [0.15, 0.2) is 12.1 Å². The zero-order valence-corrected chi connectivity index (χ0v) is 10.3. The highest BCUT2D eigenvalue weighted by atomic mass is 16.5. The molecule has 5 heteroatoms. The summed E-state index contributed by atoms with van der Waals surface area (Å²) in [5.41, 5.74) is 6.39. The zero-order valence-electron chi connectivity index (χ0n) is 10.3. The molecular weight excluding hydrogens is 222 g/mol. The second-order valence-electron chi connectivity index (χ2n) is 3.21. The van der Waals surface area contributed by atoms with Gasteiger partial charge < -0.3 is 19.9 Å². The van der Waals surface area contributed by atoms with Crippen molar-refractivity contribution in [2.45, 2.75) is 13.8 Å². The normalized spacial score (nSPS) is 9.82. The van der Waals surface area contributed by atoms with Crippen LogP contribution < -0.4 is 15.2 Å². The molecule has 0 bridgehead atoms. The summed E-state index contributed by atoms with van der Waals surface area (Å²) < 4.78 is 15.4. The van der Waals surface area contributed by atoms with Gasteiger partial charge in [0.1, 0.15) is 11.3 Å². The molecule has 0 saturated carbocycles. The van der Waals surface area contributed by atoms with Gasteiger partial charge in [-0.15, -0.1) is 0 Å². The molecule has 0 aliphatic carbocycles. The molecule has 0 fully saturated rings. The number of methoxy groups -OCH3 is 1. The third-order valence-corrected chi connectivity index (χ3v) is 2.13. The standard InChI is InChI=1S/C12H17NO4/c1-4-16-9-7-6-8(13)11(17-5-2)10(9)12(14)15-3/h6-7H,4-5,13H2,1-3H3. The smallest absolute Gasteiger partial charge is 0.345 e. The fourth-order valence-corrected chi connectivity index (χ4v) is 1.45. The maximum atomic E-state index is 11.7. The third kappa shape index (κ3) is 2.81. The number of esters is 1. The summed E-state index contributed by atoms with van der Waals surface area (Å²) >= 11 is 0. The van der Waals surface area contributed by atoms with Gasteiger partial charge in [0.2, 0.25) is 0 Å². The molecule has 94 valence electrons. The van der Waals surface area contributed by atoms with Crippen LogP contribution in [-0.4, -0.2) is 26.3 Å². The minimum Gasteiger partial charge on any atom is -0.493 e. The molecule has 2 N–H and O–H groups in total. The minimum atomic E-state index is -0.524. The zero-order chi connectivity index (χ0) is 12.8. The van der Waals surface area contributed by atoms with Crippen LogP contribution >= 0.6 is 0 Å². The maximum Gasteiger partial charge on any atom is 0.345 e. The lowest BCUT2D eigenvalue weighted by Gasteiger charge is -2.15. The van der Waals surface area contributed by atoms with Crippen molar-refractivity contribution < 1.29 is 19.0 Å². The minimum absolute atomic E-state index is 0.233. The van der Waals surface area contributed by atoms with E-state index in [-0.39, 0.29) is 5.56 Å². The molecule has 1 aromatic carbocycles. The number of hydrogen-bond donors (Lipinski definition) is 1. The van der Waals surface area contributed by atoms with E-state index in [9.17, 15) is 4.79 Å². The van der Waals surface area contributed by atoms with Crippen molar-refractivity contribution in [2.24, 2.45) is 0 Å². The highest BCUT2D eigenvalue weighted by Crippen LogP contribution is 2.34. The van der Waals surface area contributed by atoms with Crippen molar-refractivity contribution in [3.63, 3.8) is 0 Å². The van der Waals surface area contributed by atoms with Crippen LogP contribution in [0, 0.1) is 0 Å². The van der Waals surface area contributed by atoms with Gasteiger partial charge in [0.25, 0.3) is 0 Å². The molecule has 0 aromatic heterocycles. The Hall–Kier alpha value is -1.91. The van der Waals surface area contributed by atoms with Gasteiger partial charge in [-0.3, -0.25) is 0 Å². The monoisotopic (exact) mass is 239 g/mol. The van der Waals surface area contributed by atoms with Crippen molar-refractivity contribution in [3.05, 3.63) is 17.7 Å². The Balaban J connectivity index is 3.32. The van der Waals surface area contributed by atoms with Gasteiger partial charge in [-0.2, -0.15) is 0 Å². The van der Waals surface area contributed by atoms with E-state index in [1.165, 1.54) is 7.11 Å². The molecule has 1 rings (SSSR count). The average Bonchev–Trinajstić information content (AvgIpc) is 2.33. The van der Waals surface area contributed by atoms with E-state index in [2.05, 4.69) is 0 Å². The van der Waals surface area contributed by atoms with Crippen LogP contribution in [0.4, 0.5) is 5.69 Å². The van der Waals surface area contributed by atoms with Gasteiger partial charge in [-0.25, -0.2) is 4.79 Å². The molecule has 0 unspecified atom stereocenters. The van der Waals surface area contributed by atoms with E-state index in [1.807, 2.05) is 13.8 Å². The number of ether oxygens (including phenoxy) is 3. The fourth-order valence-electron chi connectivity index (χ4n) is 1.45. The number of hydrogen-bond acceptors (Lipinski definition) is 5. The SMILES string of the molecule is CCOc1ccc(N)c(OCC)c1C(=O)OC. The number of carbonyl (C=O) groups is 1. The van der Waals surface area contributed by atoms with Crippen molar-refractivity contribution in [3.8, 4) is 11.5 Å². The lowest BCUT2D eigenvalue weighted by Crippen LogP contribution is -2.10. The molecule has 17 heavy (non-hydrogen) atoms. The highest BCUT2D eigenvalue weighted by molar-refractivity contribution is 5.97. The Kier molecular flexibility index (Phi) is 4.63. The predicted octanol–water partition coefficient (Wildman–Crippen LogP) is 1.85. The second-order valence-corrected chi connectivity index (χ2v) is 3.21. The molecule has 0 aliphatic heterocycles. The molecule has 5 nitrogen and oxygen atoms in total. The molecule has 0 spiro atoms. The Bertz CT molecular complexity index is 404. The van der Waals surface area contributed by atoms with E-state index in [0.29, 0.717) is 30.4 Å². The molecular formula is C12H17NO4. The van der Waals surface area contributed by atoms with Crippen molar-refractivity contribution in [1.29, 1.82) is 0 Å². The summed E-state index contributed by atoms with van der Waals surface area (Å²) in [6.45, 7) is 4.49. The van der Waals surface area contributed by atoms with Crippen molar-refractivity contribution in [1.82, 2.24) is 0 Å². The Morgan fingerprint density at radius 2 is 1.88 bits per heavy atom. The van der Waals surface area contributed by atoms with Gasteiger partial charge in [0, 0.05) is 0 Å². The second kappa shape index (κ2) is 5.98. The maximum absolute atomic E-state index is 11.7. The van der Waals surface area contributed by atoms with E-state index < -0.39 is 5.97 Å². The van der Waals surface area contributed by atoms with E-state index >= 15 is 0 Å².